The molecule has 0 saturated heterocycles. The van der Waals surface area contributed by atoms with E-state index in [0.717, 1.165) is 28.1 Å². The van der Waals surface area contributed by atoms with Gasteiger partial charge in [-0.2, -0.15) is 0 Å². The Morgan fingerprint density at radius 2 is 1.96 bits per heavy atom. The maximum atomic E-state index is 12.3. The Labute approximate surface area is 154 Å². The fourth-order valence-electron chi connectivity index (χ4n) is 2.71. The molecule has 1 atom stereocenters. The summed E-state index contributed by atoms with van der Waals surface area (Å²) in [5, 5.41) is 5.52. The first-order valence-corrected chi connectivity index (χ1v) is 8.47. The summed E-state index contributed by atoms with van der Waals surface area (Å²) in [4.78, 5) is 28.9. The molecule has 6 heteroatoms. The molecule has 0 bridgehead atoms. The van der Waals surface area contributed by atoms with Crippen LogP contribution in [0.25, 0.3) is 0 Å². The van der Waals surface area contributed by atoms with Crippen molar-refractivity contribution in [1.29, 1.82) is 0 Å². The van der Waals surface area contributed by atoms with E-state index in [-0.39, 0.29) is 18.4 Å². The van der Waals surface area contributed by atoms with Gasteiger partial charge in [-0.1, -0.05) is 17.7 Å². The second-order valence-corrected chi connectivity index (χ2v) is 6.33. The molecular formula is C20H25N3O3. The van der Waals surface area contributed by atoms with Gasteiger partial charge in [0.1, 0.15) is 11.8 Å². The van der Waals surface area contributed by atoms with Crippen LogP contribution in [-0.2, 0) is 11.3 Å². The molecule has 6 nitrogen and oxygen atoms in total. The van der Waals surface area contributed by atoms with Gasteiger partial charge >= 0.3 is 0 Å². The third kappa shape index (κ3) is 4.59. The number of hydrogen-bond donors (Lipinski definition) is 2. The predicted octanol–water partition coefficient (Wildman–Crippen LogP) is 2.45. The fraction of sp³-hybridized carbons (Fsp3) is 0.350. The Hall–Kier alpha value is -2.89. The van der Waals surface area contributed by atoms with Gasteiger partial charge in [0.2, 0.25) is 5.91 Å². The molecule has 0 saturated carbocycles. The van der Waals surface area contributed by atoms with Gasteiger partial charge in [0, 0.05) is 22.9 Å². The molecule has 0 aliphatic carbocycles. The van der Waals surface area contributed by atoms with Crippen molar-refractivity contribution in [2.45, 2.75) is 40.3 Å². The van der Waals surface area contributed by atoms with Crippen LogP contribution in [0.3, 0.4) is 0 Å². The Balaban J connectivity index is 1.96. The van der Waals surface area contributed by atoms with Crippen LogP contribution in [0.5, 0.6) is 5.75 Å². The van der Waals surface area contributed by atoms with Gasteiger partial charge in [-0.25, -0.2) is 0 Å². The van der Waals surface area contributed by atoms with Crippen LogP contribution in [0.4, 0.5) is 0 Å². The maximum Gasteiger partial charge on any atom is 0.251 e. The molecule has 2 N–H and O–H groups in total. The van der Waals surface area contributed by atoms with Gasteiger partial charge < -0.3 is 15.4 Å². The van der Waals surface area contributed by atoms with E-state index in [0.29, 0.717) is 5.56 Å². The van der Waals surface area contributed by atoms with Gasteiger partial charge in [0.15, 0.2) is 0 Å². The SMILES string of the molecule is COc1c(C)cnc(CNC(=O)C(C)NC(=O)c2cccc(C)c2)c1C. The zero-order chi connectivity index (χ0) is 19.3. The smallest absolute Gasteiger partial charge is 0.251 e. The summed E-state index contributed by atoms with van der Waals surface area (Å²) in [7, 11) is 1.61. The lowest BCUT2D eigenvalue weighted by Crippen LogP contribution is -2.44. The lowest BCUT2D eigenvalue weighted by atomic mass is 10.1. The van der Waals surface area contributed by atoms with Crippen molar-refractivity contribution in [1.82, 2.24) is 15.6 Å². The molecule has 1 unspecified atom stereocenters. The monoisotopic (exact) mass is 355 g/mol. The first-order valence-electron chi connectivity index (χ1n) is 8.47. The third-order valence-corrected chi connectivity index (χ3v) is 4.20. The van der Waals surface area contributed by atoms with E-state index in [9.17, 15) is 9.59 Å². The molecule has 1 aromatic heterocycles. The van der Waals surface area contributed by atoms with Crippen LogP contribution >= 0.6 is 0 Å². The largest absolute Gasteiger partial charge is 0.496 e. The van der Waals surface area contributed by atoms with E-state index in [4.69, 9.17) is 4.74 Å². The van der Waals surface area contributed by atoms with Crippen molar-refractivity contribution in [2.24, 2.45) is 0 Å². The molecule has 0 spiro atoms. The minimum absolute atomic E-state index is 0.270. The van der Waals surface area contributed by atoms with Crippen molar-refractivity contribution < 1.29 is 14.3 Å². The Morgan fingerprint density at radius 1 is 1.23 bits per heavy atom. The van der Waals surface area contributed by atoms with Gasteiger partial charge in [-0.05, 0) is 39.8 Å². The molecule has 1 aromatic carbocycles. The summed E-state index contributed by atoms with van der Waals surface area (Å²) < 4.78 is 5.37. The molecule has 0 aliphatic heterocycles. The van der Waals surface area contributed by atoms with Gasteiger partial charge in [-0.15, -0.1) is 0 Å². The van der Waals surface area contributed by atoms with E-state index in [1.54, 1.807) is 32.4 Å². The van der Waals surface area contributed by atoms with Crippen molar-refractivity contribution in [3.63, 3.8) is 0 Å². The lowest BCUT2D eigenvalue weighted by Gasteiger charge is -2.16. The number of aryl methyl sites for hydroxylation is 2. The van der Waals surface area contributed by atoms with E-state index >= 15 is 0 Å². The average Bonchev–Trinajstić information content (AvgIpc) is 2.61. The molecule has 2 rings (SSSR count). The minimum Gasteiger partial charge on any atom is -0.496 e. The number of nitrogens with zero attached hydrogens (tertiary/aromatic N) is 1. The number of carbonyl (C=O) groups is 2. The first-order chi connectivity index (χ1) is 12.3. The summed E-state index contributed by atoms with van der Waals surface area (Å²) in [5.41, 5.74) is 4.09. The quantitative estimate of drug-likeness (QED) is 0.834. The van der Waals surface area contributed by atoms with Crippen LogP contribution in [0, 0.1) is 20.8 Å². The summed E-state index contributed by atoms with van der Waals surface area (Å²) in [5.74, 6) is 0.222. The number of aromatic nitrogens is 1. The average molecular weight is 355 g/mol. The van der Waals surface area contributed by atoms with E-state index in [2.05, 4.69) is 15.6 Å². The summed E-state index contributed by atoms with van der Waals surface area (Å²) in [6.07, 6.45) is 1.72. The normalized spacial score (nSPS) is 11.6. The van der Waals surface area contributed by atoms with E-state index in [1.165, 1.54) is 0 Å². The maximum absolute atomic E-state index is 12.3. The number of rotatable bonds is 6. The first kappa shape index (κ1) is 19.4. The van der Waals surface area contributed by atoms with Crippen LogP contribution in [0.2, 0.25) is 0 Å². The number of methoxy groups -OCH3 is 1. The third-order valence-electron chi connectivity index (χ3n) is 4.20. The molecule has 0 aliphatic rings. The van der Waals surface area contributed by atoms with Crippen molar-refractivity contribution in [3.05, 3.63) is 58.4 Å². The topological polar surface area (TPSA) is 80.3 Å². The van der Waals surface area contributed by atoms with Crippen molar-refractivity contribution in [2.75, 3.05) is 7.11 Å². The van der Waals surface area contributed by atoms with Crippen LogP contribution in [-0.4, -0.2) is 29.9 Å². The molecule has 138 valence electrons. The Bertz CT molecular complexity index is 818. The van der Waals surface area contributed by atoms with Crippen LogP contribution in [0.15, 0.2) is 30.5 Å². The fourth-order valence-corrected chi connectivity index (χ4v) is 2.71. The zero-order valence-electron chi connectivity index (χ0n) is 15.8. The van der Waals surface area contributed by atoms with E-state index < -0.39 is 6.04 Å². The molecular weight excluding hydrogens is 330 g/mol. The second kappa shape index (κ2) is 8.47. The number of carbonyl (C=O) groups excluding carboxylic acids is 2. The van der Waals surface area contributed by atoms with E-state index in [1.807, 2.05) is 32.9 Å². The Kier molecular flexibility index (Phi) is 6.33. The molecule has 1 heterocycles. The van der Waals surface area contributed by atoms with Gasteiger partial charge in [0.25, 0.3) is 5.91 Å². The number of pyridine rings is 1. The molecule has 0 fully saturated rings. The molecule has 2 amide bonds. The highest BCUT2D eigenvalue weighted by Crippen LogP contribution is 2.23. The lowest BCUT2D eigenvalue weighted by molar-refractivity contribution is -0.122. The molecule has 2 aromatic rings. The zero-order valence-corrected chi connectivity index (χ0v) is 15.8. The van der Waals surface area contributed by atoms with Gasteiger partial charge in [0.05, 0.1) is 19.3 Å². The highest BCUT2D eigenvalue weighted by Gasteiger charge is 2.17. The standard InChI is InChI=1S/C20H25N3O3/c1-12-7-6-8-16(9-12)20(25)23-15(4)19(24)22-11-17-14(3)18(26-5)13(2)10-21-17/h6-10,15H,11H2,1-5H3,(H,22,24)(H,23,25). The number of amides is 2. The number of nitrogens with one attached hydrogen (secondary N) is 2. The summed E-state index contributed by atoms with van der Waals surface area (Å²) in [6, 6.07) is 6.58. The van der Waals surface area contributed by atoms with Crippen LogP contribution < -0.4 is 15.4 Å². The number of hydrogen-bond acceptors (Lipinski definition) is 4. The molecule has 0 radical (unpaired) electrons. The summed E-state index contributed by atoms with van der Waals surface area (Å²) in [6.45, 7) is 7.66. The van der Waals surface area contributed by atoms with Crippen molar-refractivity contribution >= 4 is 11.8 Å². The van der Waals surface area contributed by atoms with Crippen LogP contribution in [0.1, 0.15) is 39.7 Å². The highest BCUT2D eigenvalue weighted by atomic mass is 16.5. The molecule has 26 heavy (non-hydrogen) atoms. The van der Waals surface area contributed by atoms with Gasteiger partial charge in [-0.3, -0.25) is 14.6 Å². The predicted molar refractivity (Wildman–Crippen MR) is 100 cm³/mol. The highest BCUT2D eigenvalue weighted by molar-refractivity contribution is 5.97. The number of ether oxygens (including phenoxy) is 1. The Morgan fingerprint density at radius 3 is 2.62 bits per heavy atom. The summed E-state index contributed by atoms with van der Waals surface area (Å²) >= 11 is 0. The van der Waals surface area contributed by atoms with Crippen molar-refractivity contribution in [3.8, 4) is 5.75 Å². The second-order valence-electron chi connectivity index (χ2n) is 6.33. The minimum atomic E-state index is -0.657. The number of benzene rings is 1.